The average molecular weight is 375 g/mol. The summed E-state index contributed by atoms with van der Waals surface area (Å²) < 4.78 is 32.2. The summed E-state index contributed by atoms with van der Waals surface area (Å²) in [5.41, 5.74) is 1.94. The number of carbonyl (C=O) groups excluding carboxylic acids is 1. The highest BCUT2D eigenvalue weighted by atomic mass is 32.2. The minimum atomic E-state index is -3.45. The Bertz CT molecular complexity index is 926. The molecule has 2 aromatic rings. The highest BCUT2D eigenvalue weighted by Crippen LogP contribution is 2.24. The molecule has 0 spiro atoms. The first-order valence-corrected chi connectivity index (χ1v) is 9.94. The summed E-state index contributed by atoms with van der Waals surface area (Å²) in [6.07, 6.45) is 5.61. The average Bonchev–Trinajstić information content (AvgIpc) is 3.36. The first kappa shape index (κ1) is 18.3. The largest absolute Gasteiger partial charge is 0.354 e. The molecule has 0 atom stereocenters. The van der Waals surface area contributed by atoms with E-state index >= 15 is 0 Å². The number of benzene rings is 1. The molecule has 2 N–H and O–H groups in total. The van der Waals surface area contributed by atoms with Crippen molar-refractivity contribution in [2.75, 3.05) is 5.32 Å². The predicted octanol–water partition coefficient (Wildman–Crippen LogP) is 2.94. The second-order valence-electron chi connectivity index (χ2n) is 6.21. The van der Waals surface area contributed by atoms with Crippen LogP contribution in [0.4, 0.5) is 5.69 Å². The Morgan fingerprint density at radius 2 is 1.96 bits per heavy atom. The van der Waals surface area contributed by atoms with Gasteiger partial charge in [0.2, 0.25) is 15.9 Å². The maximum atomic E-state index is 12.2. The third-order valence-corrected chi connectivity index (χ3v) is 5.53. The number of aromatic nitrogens is 1. The summed E-state index contributed by atoms with van der Waals surface area (Å²) in [6.45, 7) is 3.51. The van der Waals surface area contributed by atoms with Gasteiger partial charge in [0.05, 0.1) is 4.90 Å². The zero-order valence-corrected chi connectivity index (χ0v) is 15.5. The number of anilines is 1. The molecule has 1 fully saturated rings. The Labute approximate surface area is 152 Å². The van der Waals surface area contributed by atoms with Crippen molar-refractivity contribution in [3.05, 3.63) is 41.3 Å². The number of nitrogens with one attached hydrogen (secondary N) is 2. The van der Waals surface area contributed by atoms with Crippen LogP contribution in [0.15, 0.2) is 33.7 Å². The van der Waals surface area contributed by atoms with Crippen molar-refractivity contribution < 1.29 is 17.7 Å². The molecule has 0 radical (unpaired) electrons. The molecule has 1 aliphatic rings. The van der Waals surface area contributed by atoms with Gasteiger partial charge < -0.3 is 9.84 Å². The van der Waals surface area contributed by atoms with Crippen LogP contribution in [0.25, 0.3) is 12.2 Å². The second-order valence-corrected chi connectivity index (χ2v) is 7.92. The van der Waals surface area contributed by atoms with E-state index in [1.54, 1.807) is 50.3 Å². The minimum Gasteiger partial charge on any atom is -0.354 e. The van der Waals surface area contributed by atoms with Gasteiger partial charge in [-0.05, 0) is 43.5 Å². The lowest BCUT2D eigenvalue weighted by Gasteiger charge is -2.05. The van der Waals surface area contributed by atoms with Gasteiger partial charge in [0.25, 0.3) is 0 Å². The molecule has 26 heavy (non-hydrogen) atoms. The van der Waals surface area contributed by atoms with Crippen molar-refractivity contribution in [1.29, 1.82) is 0 Å². The molecule has 0 unspecified atom stereocenters. The number of hydrogen-bond donors (Lipinski definition) is 2. The fourth-order valence-electron chi connectivity index (χ4n) is 2.30. The van der Waals surface area contributed by atoms with E-state index in [0.29, 0.717) is 23.6 Å². The molecule has 1 aliphatic carbocycles. The SMILES string of the molecule is CCC(=O)Nc1c(C)noc1/C=C\c1ccc(S(=O)(=O)NC2CC2)cc1. The number of sulfonamides is 1. The summed E-state index contributed by atoms with van der Waals surface area (Å²) in [4.78, 5) is 11.8. The Hall–Kier alpha value is -2.45. The second kappa shape index (κ2) is 7.43. The number of rotatable bonds is 7. The molecule has 1 saturated carbocycles. The lowest BCUT2D eigenvalue weighted by atomic mass is 10.2. The van der Waals surface area contributed by atoms with Gasteiger partial charge in [-0.3, -0.25) is 4.79 Å². The maximum Gasteiger partial charge on any atom is 0.240 e. The van der Waals surface area contributed by atoms with Gasteiger partial charge in [-0.1, -0.05) is 30.3 Å². The van der Waals surface area contributed by atoms with Gasteiger partial charge in [0, 0.05) is 12.5 Å². The summed E-state index contributed by atoms with van der Waals surface area (Å²) in [7, 11) is -3.45. The molecular weight excluding hydrogens is 354 g/mol. The van der Waals surface area contributed by atoms with Crippen molar-refractivity contribution >= 4 is 33.8 Å². The summed E-state index contributed by atoms with van der Waals surface area (Å²) in [5.74, 6) is 0.320. The molecule has 0 bridgehead atoms. The van der Waals surface area contributed by atoms with Crippen LogP contribution in [0.3, 0.4) is 0 Å². The van der Waals surface area contributed by atoms with E-state index in [1.165, 1.54) is 0 Å². The summed E-state index contributed by atoms with van der Waals surface area (Å²) in [5, 5.41) is 6.63. The normalized spacial score (nSPS) is 14.7. The molecule has 0 aliphatic heterocycles. The molecule has 1 aromatic heterocycles. The van der Waals surface area contributed by atoms with E-state index in [2.05, 4.69) is 15.2 Å². The molecule has 1 aromatic carbocycles. The molecule has 7 nitrogen and oxygen atoms in total. The predicted molar refractivity (Wildman–Crippen MR) is 98.9 cm³/mol. The number of hydrogen-bond acceptors (Lipinski definition) is 5. The van der Waals surface area contributed by atoms with Crippen LogP contribution >= 0.6 is 0 Å². The highest BCUT2D eigenvalue weighted by molar-refractivity contribution is 7.89. The summed E-state index contributed by atoms with van der Waals surface area (Å²) >= 11 is 0. The monoisotopic (exact) mass is 375 g/mol. The Morgan fingerprint density at radius 1 is 1.27 bits per heavy atom. The van der Waals surface area contributed by atoms with E-state index in [9.17, 15) is 13.2 Å². The lowest BCUT2D eigenvalue weighted by Crippen LogP contribution is -2.25. The quantitative estimate of drug-likeness (QED) is 0.775. The highest BCUT2D eigenvalue weighted by Gasteiger charge is 2.27. The fraction of sp³-hybridized carbons (Fsp3) is 0.333. The fourth-order valence-corrected chi connectivity index (χ4v) is 3.60. The van der Waals surface area contributed by atoms with Gasteiger partial charge >= 0.3 is 0 Å². The first-order valence-electron chi connectivity index (χ1n) is 8.45. The Kier molecular flexibility index (Phi) is 5.24. The standard InChI is InChI=1S/C18H21N3O4S/c1-3-17(22)19-18-12(2)20-25-16(18)11-6-13-4-9-15(10-5-13)26(23,24)21-14-7-8-14/h4-6,9-11,14,21H,3,7-8H2,1-2H3,(H,19,22)/b11-6-. The van der Waals surface area contributed by atoms with Gasteiger partial charge in [-0.15, -0.1) is 0 Å². The van der Waals surface area contributed by atoms with Gasteiger partial charge in [0.1, 0.15) is 11.4 Å². The van der Waals surface area contributed by atoms with E-state index in [4.69, 9.17) is 4.52 Å². The van der Waals surface area contributed by atoms with E-state index in [1.807, 2.05) is 0 Å². The number of nitrogens with zero attached hydrogens (tertiary/aromatic N) is 1. The van der Waals surface area contributed by atoms with Gasteiger partial charge in [-0.2, -0.15) is 0 Å². The van der Waals surface area contributed by atoms with Crippen LogP contribution < -0.4 is 10.0 Å². The Morgan fingerprint density at radius 3 is 2.58 bits per heavy atom. The topological polar surface area (TPSA) is 101 Å². The molecular formula is C18H21N3O4S. The first-order chi connectivity index (χ1) is 12.4. The van der Waals surface area contributed by atoms with Crippen molar-refractivity contribution in [1.82, 2.24) is 9.88 Å². The number of carbonyl (C=O) groups is 1. The van der Waals surface area contributed by atoms with E-state index in [-0.39, 0.29) is 16.8 Å². The van der Waals surface area contributed by atoms with E-state index in [0.717, 1.165) is 18.4 Å². The van der Waals surface area contributed by atoms with Gasteiger partial charge in [-0.25, -0.2) is 13.1 Å². The number of aryl methyl sites for hydroxylation is 1. The van der Waals surface area contributed by atoms with Crippen molar-refractivity contribution in [2.45, 2.75) is 44.0 Å². The van der Waals surface area contributed by atoms with Crippen LogP contribution in [0.1, 0.15) is 43.2 Å². The van der Waals surface area contributed by atoms with Crippen LogP contribution in [0, 0.1) is 6.92 Å². The maximum absolute atomic E-state index is 12.2. The van der Waals surface area contributed by atoms with Crippen LogP contribution in [0.2, 0.25) is 0 Å². The zero-order chi connectivity index (χ0) is 18.7. The van der Waals surface area contributed by atoms with Crippen LogP contribution in [0.5, 0.6) is 0 Å². The zero-order valence-electron chi connectivity index (χ0n) is 14.7. The molecule has 1 heterocycles. The molecule has 3 rings (SSSR count). The lowest BCUT2D eigenvalue weighted by molar-refractivity contribution is -0.115. The number of amides is 1. The van der Waals surface area contributed by atoms with Crippen molar-refractivity contribution in [2.24, 2.45) is 0 Å². The van der Waals surface area contributed by atoms with Crippen LogP contribution in [-0.4, -0.2) is 25.5 Å². The van der Waals surface area contributed by atoms with E-state index < -0.39 is 10.0 Å². The third kappa shape index (κ3) is 4.39. The summed E-state index contributed by atoms with van der Waals surface area (Å²) in [6, 6.07) is 6.63. The molecule has 0 saturated heterocycles. The smallest absolute Gasteiger partial charge is 0.240 e. The third-order valence-electron chi connectivity index (χ3n) is 3.99. The molecule has 138 valence electrons. The van der Waals surface area contributed by atoms with Crippen molar-refractivity contribution in [3.63, 3.8) is 0 Å². The Balaban J connectivity index is 1.74. The van der Waals surface area contributed by atoms with Crippen LogP contribution in [-0.2, 0) is 14.8 Å². The molecule has 1 amide bonds. The van der Waals surface area contributed by atoms with Gasteiger partial charge in [0.15, 0.2) is 5.76 Å². The van der Waals surface area contributed by atoms with Crippen molar-refractivity contribution in [3.8, 4) is 0 Å². The molecule has 8 heteroatoms. The minimum absolute atomic E-state index is 0.0750.